The van der Waals surface area contributed by atoms with Crippen molar-refractivity contribution in [2.24, 2.45) is 0 Å². The summed E-state index contributed by atoms with van der Waals surface area (Å²) in [6.45, 7) is 0.696. The molecule has 1 saturated heterocycles. The van der Waals surface area contributed by atoms with E-state index in [9.17, 15) is 14.4 Å². The first-order valence-corrected chi connectivity index (χ1v) is 6.81. The van der Waals surface area contributed by atoms with E-state index in [-0.39, 0.29) is 17.9 Å². The average Bonchev–Trinajstić information content (AvgIpc) is 2.76. The normalized spacial score (nSPS) is 19.0. The average molecular weight is 288 g/mol. The second kappa shape index (κ2) is 5.17. The number of carbonyl (C=O) groups is 2. The number of aromatic nitrogens is 2. The fraction of sp³-hybridized carbons (Fsp3) is 0.357. The molecule has 1 fully saturated rings. The molecule has 0 spiro atoms. The van der Waals surface area contributed by atoms with Gasteiger partial charge >= 0.3 is 0 Å². The number of amides is 2. The molecule has 2 amide bonds. The highest BCUT2D eigenvalue weighted by molar-refractivity contribution is 5.99. The number of nitrogens with one attached hydrogen (secondary N) is 3. The summed E-state index contributed by atoms with van der Waals surface area (Å²) < 4.78 is 1.32. The smallest absolute Gasteiger partial charge is 0.275 e. The van der Waals surface area contributed by atoms with Crippen molar-refractivity contribution in [3.05, 3.63) is 34.1 Å². The van der Waals surface area contributed by atoms with Crippen LogP contribution in [0.1, 0.15) is 24.4 Å². The maximum atomic E-state index is 12.4. The van der Waals surface area contributed by atoms with Crippen LogP contribution in [0.4, 0.5) is 0 Å². The lowest BCUT2D eigenvalue weighted by Crippen LogP contribution is -2.44. The van der Waals surface area contributed by atoms with E-state index in [1.807, 2.05) is 19.2 Å². The van der Waals surface area contributed by atoms with E-state index in [2.05, 4.69) is 15.7 Å². The van der Waals surface area contributed by atoms with E-state index >= 15 is 0 Å². The summed E-state index contributed by atoms with van der Waals surface area (Å²) in [6, 6.07) is 4.86. The van der Waals surface area contributed by atoms with Gasteiger partial charge in [0, 0.05) is 13.0 Å². The fourth-order valence-corrected chi connectivity index (χ4v) is 2.64. The third-order valence-electron chi connectivity index (χ3n) is 3.68. The minimum atomic E-state index is -0.657. The number of piperidine rings is 1. The first kappa shape index (κ1) is 13.6. The lowest BCUT2D eigenvalue weighted by atomic mass is 10.1. The third-order valence-corrected chi connectivity index (χ3v) is 3.68. The standard InChI is InChI=1S/C14H16N4O3/c1-15-7-8-2-3-9-10(6-8)17-18(14(9)21)11-4-5-12(19)16-13(11)20/h2-3,6,11,15,17H,4-5,7H2,1H3,(H,16,19,20). The van der Waals surface area contributed by atoms with Gasteiger partial charge in [-0.3, -0.25) is 24.8 Å². The number of carbonyl (C=O) groups excluding carboxylic acids is 2. The van der Waals surface area contributed by atoms with Gasteiger partial charge in [0.1, 0.15) is 6.04 Å². The van der Waals surface area contributed by atoms with Gasteiger partial charge in [-0.2, -0.15) is 0 Å². The Morgan fingerprint density at radius 2 is 2.14 bits per heavy atom. The predicted molar refractivity (Wildman–Crippen MR) is 76.7 cm³/mol. The largest absolute Gasteiger partial charge is 0.316 e. The third kappa shape index (κ3) is 2.36. The molecule has 1 aromatic heterocycles. The second-order valence-corrected chi connectivity index (χ2v) is 5.16. The Balaban J connectivity index is 2.03. The van der Waals surface area contributed by atoms with Crippen LogP contribution in [0.5, 0.6) is 0 Å². The number of hydrogen-bond donors (Lipinski definition) is 3. The van der Waals surface area contributed by atoms with Gasteiger partial charge in [0.05, 0.1) is 10.9 Å². The molecule has 110 valence electrons. The summed E-state index contributed by atoms with van der Waals surface area (Å²) in [5.41, 5.74) is 1.50. The SMILES string of the molecule is CNCc1ccc2c(=O)n(C3CCC(=O)NC3=O)[nH]c2c1. The number of benzene rings is 1. The Morgan fingerprint density at radius 1 is 1.33 bits per heavy atom. The quantitative estimate of drug-likeness (QED) is 0.694. The number of imide groups is 1. The summed E-state index contributed by atoms with van der Waals surface area (Å²) in [5, 5.41) is 8.83. The van der Waals surface area contributed by atoms with Gasteiger partial charge in [0.2, 0.25) is 5.91 Å². The Labute approximate surface area is 120 Å². The topological polar surface area (TPSA) is 96.0 Å². The first-order chi connectivity index (χ1) is 10.1. The molecule has 3 rings (SSSR count). The Kier molecular flexibility index (Phi) is 3.34. The molecule has 2 aromatic rings. The molecule has 0 radical (unpaired) electrons. The molecule has 7 heteroatoms. The number of aromatic amines is 1. The molecule has 3 N–H and O–H groups in total. The van der Waals surface area contributed by atoms with E-state index in [1.54, 1.807) is 6.07 Å². The van der Waals surface area contributed by atoms with Crippen molar-refractivity contribution < 1.29 is 9.59 Å². The molecule has 21 heavy (non-hydrogen) atoms. The van der Waals surface area contributed by atoms with Crippen LogP contribution in [0.2, 0.25) is 0 Å². The highest BCUT2D eigenvalue weighted by atomic mass is 16.2. The molecule has 2 heterocycles. The first-order valence-electron chi connectivity index (χ1n) is 6.81. The molecular weight excluding hydrogens is 272 g/mol. The zero-order valence-corrected chi connectivity index (χ0v) is 11.6. The van der Waals surface area contributed by atoms with Crippen LogP contribution in [-0.4, -0.2) is 28.6 Å². The number of hydrogen-bond acceptors (Lipinski definition) is 4. The van der Waals surface area contributed by atoms with E-state index in [0.29, 0.717) is 23.9 Å². The molecule has 1 aromatic carbocycles. The molecule has 1 atom stereocenters. The van der Waals surface area contributed by atoms with Crippen LogP contribution in [0.25, 0.3) is 10.9 Å². The number of rotatable bonds is 3. The molecule has 1 aliphatic heterocycles. The lowest BCUT2D eigenvalue weighted by Gasteiger charge is -2.20. The maximum Gasteiger partial charge on any atom is 0.275 e. The van der Waals surface area contributed by atoms with Gasteiger partial charge in [0.15, 0.2) is 0 Å². The van der Waals surface area contributed by atoms with Gasteiger partial charge in [0.25, 0.3) is 11.5 Å². The van der Waals surface area contributed by atoms with Crippen molar-refractivity contribution in [1.29, 1.82) is 0 Å². The zero-order chi connectivity index (χ0) is 15.0. The van der Waals surface area contributed by atoms with Gasteiger partial charge in [-0.15, -0.1) is 0 Å². The van der Waals surface area contributed by atoms with Gasteiger partial charge in [-0.25, -0.2) is 4.68 Å². The molecule has 0 bridgehead atoms. The summed E-state index contributed by atoms with van der Waals surface area (Å²) in [6.07, 6.45) is 0.573. The molecule has 1 aliphatic rings. The number of fused-ring (bicyclic) bond motifs is 1. The Bertz CT molecular complexity index is 774. The number of nitrogens with zero attached hydrogens (tertiary/aromatic N) is 1. The summed E-state index contributed by atoms with van der Waals surface area (Å²) in [7, 11) is 1.85. The van der Waals surface area contributed by atoms with Crippen LogP contribution in [-0.2, 0) is 16.1 Å². The highest BCUT2D eigenvalue weighted by Crippen LogP contribution is 2.19. The molecule has 0 saturated carbocycles. The van der Waals surface area contributed by atoms with Crippen molar-refractivity contribution in [3.8, 4) is 0 Å². The minimum absolute atomic E-state index is 0.239. The summed E-state index contributed by atoms with van der Waals surface area (Å²) >= 11 is 0. The summed E-state index contributed by atoms with van der Waals surface area (Å²) in [4.78, 5) is 35.4. The van der Waals surface area contributed by atoms with Crippen molar-refractivity contribution in [2.75, 3.05) is 7.05 Å². The van der Waals surface area contributed by atoms with Crippen molar-refractivity contribution in [2.45, 2.75) is 25.4 Å². The second-order valence-electron chi connectivity index (χ2n) is 5.16. The molecule has 1 unspecified atom stereocenters. The number of H-pyrrole nitrogens is 1. The lowest BCUT2D eigenvalue weighted by molar-refractivity contribution is -0.136. The van der Waals surface area contributed by atoms with Gasteiger partial charge < -0.3 is 5.32 Å². The van der Waals surface area contributed by atoms with Gasteiger partial charge in [-0.1, -0.05) is 6.07 Å². The predicted octanol–water partition coefficient (Wildman–Crippen LogP) is 0.0267. The molecule has 7 nitrogen and oxygen atoms in total. The van der Waals surface area contributed by atoms with Crippen LogP contribution in [0.15, 0.2) is 23.0 Å². The van der Waals surface area contributed by atoms with E-state index in [1.165, 1.54) is 4.68 Å². The van der Waals surface area contributed by atoms with Crippen LogP contribution in [0, 0.1) is 0 Å². The molecule has 0 aliphatic carbocycles. The van der Waals surface area contributed by atoms with Gasteiger partial charge in [-0.05, 0) is 31.2 Å². The van der Waals surface area contributed by atoms with Crippen molar-refractivity contribution >= 4 is 22.7 Å². The minimum Gasteiger partial charge on any atom is -0.316 e. The van der Waals surface area contributed by atoms with Crippen LogP contribution >= 0.6 is 0 Å². The Hall–Kier alpha value is -2.41. The van der Waals surface area contributed by atoms with Crippen molar-refractivity contribution in [1.82, 2.24) is 20.4 Å². The zero-order valence-electron chi connectivity index (χ0n) is 11.6. The van der Waals surface area contributed by atoms with E-state index in [4.69, 9.17) is 0 Å². The van der Waals surface area contributed by atoms with Crippen molar-refractivity contribution in [3.63, 3.8) is 0 Å². The van der Waals surface area contributed by atoms with Crippen LogP contribution < -0.4 is 16.2 Å². The monoisotopic (exact) mass is 288 g/mol. The van der Waals surface area contributed by atoms with E-state index in [0.717, 1.165) is 5.56 Å². The van der Waals surface area contributed by atoms with Crippen LogP contribution in [0.3, 0.4) is 0 Å². The molecular formula is C14H16N4O3. The highest BCUT2D eigenvalue weighted by Gasteiger charge is 2.30. The fourth-order valence-electron chi connectivity index (χ4n) is 2.64. The summed E-state index contributed by atoms with van der Waals surface area (Å²) in [5.74, 6) is -0.730. The Morgan fingerprint density at radius 3 is 2.86 bits per heavy atom. The van der Waals surface area contributed by atoms with E-state index < -0.39 is 11.9 Å². The maximum absolute atomic E-state index is 12.4.